The van der Waals surface area contributed by atoms with E-state index >= 15 is 0 Å². The molecule has 0 spiro atoms. The molecular weight excluding hydrogens is 320 g/mol. The Morgan fingerprint density at radius 3 is 2.90 bits per heavy atom. The van der Waals surface area contributed by atoms with Gasteiger partial charge in [0.05, 0.1) is 12.2 Å². The van der Waals surface area contributed by atoms with Crippen LogP contribution in [0.2, 0.25) is 0 Å². The third kappa shape index (κ3) is 2.49. The quantitative estimate of drug-likeness (QED) is 0.830. The zero-order chi connectivity index (χ0) is 14.1. The van der Waals surface area contributed by atoms with Crippen molar-refractivity contribution in [1.29, 1.82) is 0 Å². The molecule has 0 bridgehead atoms. The van der Waals surface area contributed by atoms with E-state index in [1.165, 1.54) is 0 Å². The summed E-state index contributed by atoms with van der Waals surface area (Å²) in [5.74, 6) is 0.681. The molecule has 0 unspecified atom stereocenters. The number of carbonyl (C=O) groups is 1. The largest absolute Gasteiger partial charge is 0.493 e. The Balaban J connectivity index is 1.82. The number of nitrogens with two attached hydrogens (primary N) is 1. The highest BCUT2D eigenvalue weighted by Crippen LogP contribution is 2.28. The fraction of sp³-hybridized carbons (Fsp3) is 0.133. The smallest absolute Gasteiger partial charge is 0.257 e. The van der Waals surface area contributed by atoms with Crippen LogP contribution in [0.15, 0.2) is 40.9 Å². The molecule has 102 valence electrons. The lowest BCUT2D eigenvalue weighted by Gasteiger charge is -2.09. The van der Waals surface area contributed by atoms with E-state index in [-0.39, 0.29) is 5.91 Å². The van der Waals surface area contributed by atoms with Crippen molar-refractivity contribution < 1.29 is 9.53 Å². The van der Waals surface area contributed by atoms with Gasteiger partial charge in [-0.25, -0.2) is 0 Å². The van der Waals surface area contributed by atoms with Crippen LogP contribution in [-0.4, -0.2) is 12.5 Å². The summed E-state index contributed by atoms with van der Waals surface area (Å²) in [4.78, 5) is 12.2. The number of rotatable bonds is 2. The minimum atomic E-state index is -0.214. The normalized spacial score (nSPS) is 12.7. The molecular formula is C15H13BrN2O2. The molecule has 0 saturated heterocycles. The Morgan fingerprint density at radius 1 is 1.25 bits per heavy atom. The molecule has 4 nitrogen and oxygen atoms in total. The maximum atomic E-state index is 12.2. The topological polar surface area (TPSA) is 64.4 Å². The van der Waals surface area contributed by atoms with Crippen LogP contribution in [0.4, 0.5) is 11.4 Å². The molecule has 0 aliphatic carbocycles. The second kappa shape index (κ2) is 5.17. The van der Waals surface area contributed by atoms with E-state index in [1.807, 2.05) is 18.2 Å². The number of nitrogen functional groups attached to an aromatic ring is 1. The van der Waals surface area contributed by atoms with Gasteiger partial charge in [0, 0.05) is 22.3 Å². The second-order valence-corrected chi connectivity index (χ2v) is 5.52. The molecule has 1 aliphatic rings. The summed E-state index contributed by atoms with van der Waals surface area (Å²) in [7, 11) is 0. The first-order valence-corrected chi connectivity index (χ1v) is 7.05. The number of anilines is 2. The summed E-state index contributed by atoms with van der Waals surface area (Å²) in [5.41, 5.74) is 8.63. The van der Waals surface area contributed by atoms with Gasteiger partial charge in [-0.05, 0) is 42.0 Å². The molecule has 3 N–H and O–H groups in total. The van der Waals surface area contributed by atoms with E-state index < -0.39 is 0 Å². The summed E-state index contributed by atoms with van der Waals surface area (Å²) in [6.07, 6.45) is 0.874. The van der Waals surface area contributed by atoms with Gasteiger partial charge in [-0.15, -0.1) is 0 Å². The molecule has 5 heteroatoms. The van der Waals surface area contributed by atoms with Crippen molar-refractivity contribution in [2.45, 2.75) is 6.42 Å². The molecule has 3 rings (SSSR count). The van der Waals surface area contributed by atoms with E-state index in [4.69, 9.17) is 10.5 Å². The number of ether oxygens (including phenoxy) is 1. The Bertz CT molecular complexity index is 686. The molecule has 0 radical (unpaired) electrons. The Labute approximate surface area is 125 Å². The van der Waals surface area contributed by atoms with Gasteiger partial charge in [0.15, 0.2) is 0 Å². The highest BCUT2D eigenvalue weighted by atomic mass is 79.9. The number of nitrogens with one attached hydrogen (secondary N) is 1. The minimum absolute atomic E-state index is 0.214. The predicted molar refractivity (Wildman–Crippen MR) is 82.1 cm³/mol. The van der Waals surface area contributed by atoms with Gasteiger partial charge < -0.3 is 15.8 Å². The fourth-order valence-electron chi connectivity index (χ4n) is 2.20. The van der Waals surface area contributed by atoms with Gasteiger partial charge in [-0.2, -0.15) is 0 Å². The molecule has 2 aromatic rings. The van der Waals surface area contributed by atoms with Crippen LogP contribution < -0.4 is 15.8 Å². The monoisotopic (exact) mass is 332 g/mol. The van der Waals surface area contributed by atoms with Crippen LogP contribution in [-0.2, 0) is 6.42 Å². The Kier molecular flexibility index (Phi) is 3.36. The highest BCUT2D eigenvalue weighted by Gasteiger charge is 2.14. The first-order valence-electron chi connectivity index (χ1n) is 6.25. The summed E-state index contributed by atoms with van der Waals surface area (Å²) in [6.45, 7) is 0.701. The van der Waals surface area contributed by atoms with Crippen LogP contribution in [0.5, 0.6) is 5.75 Å². The van der Waals surface area contributed by atoms with Crippen molar-refractivity contribution in [1.82, 2.24) is 0 Å². The summed E-state index contributed by atoms with van der Waals surface area (Å²) >= 11 is 3.32. The predicted octanol–water partition coefficient (Wildman–Crippen LogP) is 3.22. The van der Waals surface area contributed by atoms with Gasteiger partial charge in [0.2, 0.25) is 0 Å². The van der Waals surface area contributed by atoms with Crippen LogP contribution in [0, 0.1) is 0 Å². The number of fused-ring (bicyclic) bond motifs is 1. The van der Waals surface area contributed by atoms with E-state index in [2.05, 4.69) is 21.2 Å². The van der Waals surface area contributed by atoms with E-state index in [9.17, 15) is 4.79 Å². The zero-order valence-corrected chi connectivity index (χ0v) is 12.2. The third-order valence-corrected chi connectivity index (χ3v) is 3.70. The van der Waals surface area contributed by atoms with Crippen molar-refractivity contribution in [3.05, 3.63) is 52.0 Å². The standard InChI is InChI=1S/C15H13BrN2O2/c16-10-1-3-12(13(17)8-10)15(19)18-11-2-4-14-9(7-11)5-6-20-14/h1-4,7-8H,5-6,17H2,(H,18,19). The number of halogens is 1. The maximum Gasteiger partial charge on any atom is 0.257 e. The molecule has 0 saturated carbocycles. The van der Waals surface area contributed by atoms with Gasteiger partial charge in [-0.3, -0.25) is 4.79 Å². The summed E-state index contributed by atoms with van der Waals surface area (Å²) < 4.78 is 6.29. The fourth-order valence-corrected chi connectivity index (χ4v) is 2.58. The molecule has 0 fully saturated rings. The number of benzene rings is 2. The number of amides is 1. The average molecular weight is 333 g/mol. The lowest BCUT2D eigenvalue weighted by atomic mass is 10.1. The molecule has 1 heterocycles. The molecule has 0 atom stereocenters. The zero-order valence-electron chi connectivity index (χ0n) is 10.7. The van der Waals surface area contributed by atoms with Crippen LogP contribution in [0.25, 0.3) is 0 Å². The number of hydrogen-bond acceptors (Lipinski definition) is 3. The molecule has 0 aromatic heterocycles. The lowest BCUT2D eigenvalue weighted by Crippen LogP contribution is -2.14. The van der Waals surface area contributed by atoms with Gasteiger partial charge >= 0.3 is 0 Å². The summed E-state index contributed by atoms with van der Waals surface area (Å²) in [5, 5.41) is 2.86. The van der Waals surface area contributed by atoms with E-state index in [1.54, 1.807) is 18.2 Å². The van der Waals surface area contributed by atoms with Crippen LogP contribution in [0.3, 0.4) is 0 Å². The van der Waals surface area contributed by atoms with Crippen molar-refractivity contribution in [3.8, 4) is 5.75 Å². The third-order valence-electron chi connectivity index (χ3n) is 3.21. The lowest BCUT2D eigenvalue weighted by molar-refractivity contribution is 0.102. The molecule has 1 aliphatic heterocycles. The number of hydrogen-bond donors (Lipinski definition) is 2. The van der Waals surface area contributed by atoms with Crippen molar-refractivity contribution >= 4 is 33.2 Å². The van der Waals surface area contributed by atoms with Crippen molar-refractivity contribution in [3.63, 3.8) is 0 Å². The maximum absolute atomic E-state index is 12.2. The summed E-state index contributed by atoms with van der Waals surface area (Å²) in [6, 6.07) is 10.9. The van der Waals surface area contributed by atoms with Crippen molar-refractivity contribution in [2.75, 3.05) is 17.7 Å². The first kappa shape index (κ1) is 13.0. The van der Waals surface area contributed by atoms with Gasteiger partial charge in [0.1, 0.15) is 5.75 Å². The SMILES string of the molecule is Nc1cc(Br)ccc1C(=O)Nc1ccc2c(c1)CCO2. The average Bonchev–Trinajstić information content (AvgIpc) is 2.85. The minimum Gasteiger partial charge on any atom is -0.493 e. The second-order valence-electron chi connectivity index (χ2n) is 4.61. The van der Waals surface area contributed by atoms with Crippen LogP contribution >= 0.6 is 15.9 Å². The first-order chi connectivity index (χ1) is 9.63. The molecule has 2 aromatic carbocycles. The highest BCUT2D eigenvalue weighted by molar-refractivity contribution is 9.10. The number of carbonyl (C=O) groups excluding carboxylic acids is 1. The van der Waals surface area contributed by atoms with Gasteiger partial charge in [-0.1, -0.05) is 15.9 Å². The van der Waals surface area contributed by atoms with E-state index in [0.29, 0.717) is 17.9 Å². The van der Waals surface area contributed by atoms with E-state index in [0.717, 1.165) is 27.9 Å². The molecule has 1 amide bonds. The Hall–Kier alpha value is -2.01. The van der Waals surface area contributed by atoms with Gasteiger partial charge in [0.25, 0.3) is 5.91 Å². The van der Waals surface area contributed by atoms with Crippen LogP contribution in [0.1, 0.15) is 15.9 Å². The van der Waals surface area contributed by atoms with Crippen molar-refractivity contribution in [2.24, 2.45) is 0 Å². The molecule has 20 heavy (non-hydrogen) atoms. The Morgan fingerprint density at radius 2 is 2.10 bits per heavy atom.